The van der Waals surface area contributed by atoms with Gasteiger partial charge in [-0.25, -0.2) is 0 Å². The first-order valence-corrected chi connectivity index (χ1v) is 5.47. The highest BCUT2D eigenvalue weighted by molar-refractivity contribution is 5.85. The van der Waals surface area contributed by atoms with Crippen molar-refractivity contribution < 1.29 is 18.0 Å². The van der Waals surface area contributed by atoms with E-state index in [1.807, 2.05) is 0 Å². The Morgan fingerprint density at radius 2 is 1.94 bits per heavy atom. The Bertz CT molecular complexity index is 244. The molecule has 0 unspecified atom stereocenters. The molecule has 17 heavy (non-hydrogen) atoms. The number of nitrogens with zero attached hydrogens (tertiary/aromatic N) is 1. The van der Waals surface area contributed by atoms with Crippen LogP contribution in [-0.4, -0.2) is 36.6 Å². The molecule has 0 spiro atoms. The van der Waals surface area contributed by atoms with Gasteiger partial charge >= 0.3 is 6.18 Å². The van der Waals surface area contributed by atoms with Gasteiger partial charge < -0.3 is 10.6 Å². The van der Waals surface area contributed by atoms with E-state index in [9.17, 15) is 18.0 Å². The molecule has 0 aromatic heterocycles. The monoisotopic (exact) mass is 274 g/mol. The van der Waals surface area contributed by atoms with Gasteiger partial charge in [-0.3, -0.25) is 4.79 Å². The predicted octanol–water partition coefficient (Wildman–Crippen LogP) is 1.95. The van der Waals surface area contributed by atoms with Crippen LogP contribution in [0.2, 0.25) is 0 Å². The van der Waals surface area contributed by atoms with Crippen LogP contribution in [0.5, 0.6) is 0 Å². The number of halogens is 4. The number of carbonyl (C=O) groups excluding carboxylic acids is 1. The number of rotatable bonds is 6. The first-order chi connectivity index (χ1) is 7.42. The van der Waals surface area contributed by atoms with Crippen LogP contribution in [0.4, 0.5) is 13.2 Å². The molecule has 1 rings (SSSR count). The number of amides is 1. The lowest BCUT2D eigenvalue weighted by Gasteiger charge is -2.23. The molecule has 1 fully saturated rings. The van der Waals surface area contributed by atoms with Crippen LogP contribution in [0.25, 0.3) is 0 Å². The summed E-state index contributed by atoms with van der Waals surface area (Å²) in [6.07, 6.45) is -2.98. The number of hydrogen-bond acceptors (Lipinski definition) is 2. The highest BCUT2D eigenvalue weighted by atomic mass is 35.5. The summed E-state index contributed by atoms with van der Waals surface area (Å²) in [5, 5.41) is 0. The van der Waals surface area contributed by atoms with Crippen molar-refractivity contribution in [1.82, 2.24) is 4.90 Å². The topological polar surface area (TPSA) is 46.3 Å². The fraction of sp³-hybridized carbons (Fsp3) is 0.900. The number of nitrogens with two attached hydrogens (primary N) is 1. The van der Waals surface area contributed by atoms with Crippen LogP contribution in [0.3, 0.4) is 0 Å². The van der Waals surface area contributed by atoms with Crippen LogP contribution < -0.4 is 5.73 Å². The molecule has 102 valence electrons. The molecular formula is C10H18ClF3N2O. The van der Waals surface area contributed by atoms with Crippen molar-refractivity contribution >= 4 is 18.3 Å². The largest absolute Gasteiger partial charge is 0.390 e. The van der Waals surface area contributed by atoms with E-state index >= 15 is 0 Å². The number of hydrogen-bond donors (Lipinski definition) is 1. The first-order valence-electron chi connectivity index (χ1n) is 5.47. The molecule has 0 saturated heterocycles. The summed E-state index contributed by atoms with van der Waals surface area (Å²) in [5.41, 5.74) is 5.23. The van der Waals surface area contributed by atoms with E-state index in [0.29, 0.717) is 12.5 Å². The maximum absolute atomic E-state index is 12.1. The van der Waals surface area contributed by atoms with Crippen LogP contribution in [0, 0.1) is 5.92 Å². The molecule has 7 heteroatoms. The molecule has 0 bridgehead atoms. The van der Waals surface area contributed by atoms with Gasteiger partial charge in [-0.1, -0.05) is 0 Å². The molecule has 1 amide bonds. The predicted molar refractivity (Wildman–Crippen MR) is 60.9 cm³/mol. The Hall–Kier alpha value is -0.490. The van der Waals surface area contributed by atoms with Gasteiger partial charge in [0.25, 0.3) is 0 Å². The molecule has 2 N–H and O–H groups in total. The third-order valence-corrected chi connectivity index (χ3v) is 2.55. The lowest BCUT2D eigenvalue weighted by atomic mass is 10.2. The third kappa shape index (κ3) is 7.44. The SMILES string of the molecule is Cl.NCCC(=O)N(CCC(F)(F)F)CC1CC1. The maximum Gasteiger partial charge on any atom is 0.390 e. The minimum Gasteiger partial charge on any atom is -0.342 e. The molecule has 1 aliphatic rings. The zero-order chi connectivity index (χ0) is 12.2. The minimum atomic E-state index is -4.20. The van der Waals surface area contributed by atoms with Crippen molar-refractivity contribution in [2.24, 2.45) is 11.7 Å². The molecule has 0 aliphatic heterocycles. The normalized spacial score (nSPS) is 15.3. The summed E-state index contributed by atoms with van der Waals surface area (Å²) in [4.78, 5) is 12.8. The molecule has 1 saturated carbocycles. The van der Waals surface area contributed by atoms with Crippen molar-refractivity contribution in [3.63, 3.8) is 0 Å². The Morgan fingerprint density at radius 1 is 1.35 bits per heavy atom. The summed E-state index contributed by atoms with van der Waals surface area (Å²) in [7, 11) is 0. The number of alkyl halides is 3. The van der Waals surface area contributed by atoms with E-state index < -0.39 is 12.6 Å². The second kappa shape index (κ2) is 7.06. The Morgan fingerprint density at radius 3 is 2.35 bits per heavy atom. The van der Waals surface area contributed by atoms with Crippen molar-refractivity contribution in [3.8, 4) is 0 Å². The van der Waals surface area contributed by atoms with Gasteiger partial charge in [-0.15, -0.1) is 12.4 Å². The molecule has 0 heterocycles. The summed E-state index contributed by atoms with van der Waals surface area (Å²) in [6.45, 7) is 0.403. The second-order valence-electron chi connectivity index (χ2n) is 4.19. The summed E-state index contributed by atoms with van der Waals surface area (Å²) >= 11 is 0. The van der Waals surface area contributed by atoms with Crippen molar-refractivity contribution in [2.75, 3.05) is 19.6 Å². The van der Waals surface area contributed by atoms with Gasteiger partial charge in [0.05, 0.1) is 6.42 Å². The first kappa shape index (κ1) is 16.5. The fourth-order valence-corrected chi connectivity index (χ4v) is 1.47. The van der Waals surface area contributed by atoms with Gasteiger partial charge in [0, 0.05) is 26.1 Å². The molecular weight excluding hydrogens is 257 g/mol. The van der Waals surface area contributed by atoms with Crippen LogP contribution >= 0.6 is 12.4 Å². The Labute approximate surface area is 105 Å². The van der Waals surface area contributed by atoms with E-state index in [1.54, 1.807) is 0 Å². The highest BCUT2D eigenvalue weighted by Crippen LogP contribution is 2.30. The smallest absolute Gasteiger partial charge is 0.342 e. The minimum absolute atomic E-state index is 0. The standard InChI is InChI=1S/C10H17F3N2O.ClH/c11-10(12,13)4-6-15(7-8-1-2-8)9(16)3-5-14;/h8H,1-7,14H2;1H. The zero-order valence-corrected chi connectivity index (χ0v) is 10.3. The molecule has 0 aromatic rings. The molecule has 0 radical (unpaired) electrons. The average Bonchev–Trinajstić information content (AvgIpc) is 2.94. The molecule has 0 aromatic carbocycles. The highest BCUT2D eigenvalue weighted by Gasteiger charge is 2.31. The van der Waals surface area contributed by atoms with Gasteiger partial charge in [0.15, 0.2) is 0 Å². The zero-order valence-electron chi connectivity index (χ0n) is 9.50. The summed E-state index contributed by atoms with van der Waals surface area (Å²) in [6, 6.07) is 0. The Balaban J connectivity index is 0.00000256. The van der Waals surface area contributed by atoms with Crippen molar-refractivity contribution in [2.45, 2.75) is 31.9 Å². The quantitative estimate of drug-likeness (QED) is 0.805. The summed E-state index contributed by atoms with van der Waals surface area (Å²) in [5.74, 6) is 0.133. The lowest BCUT2D eigenvalue weighted by Crippen LogP contribution is -2.36. The van der Waals surface area contributed by atoms with Gasteiger partial charge in [0.1, 0.15) is 0 Å². The molecule has 0 atom stereocenters. The second-order valence-corrected chi connectivity index (χ2v) is 4.19. The van der Waals surface area contributed by atoms with E-state index in [1.165, 1.54) is 4.90 Å². The van der Waals surface area contributed by atoms with Gasteiger partial charge in [-0.05, 0) is 18.8 Å². The average molecular weight is 275 g/mol. The summed E-state index contributed by atoms with van der Waals surface area (Å²) < 4.78 is 36.2. The van der Waals surface area contributed by atoms with Gasteiger partial charge in [-0.2, -0.15) is 13.2 Å². The maximum atomic E-state index is 12.1. The van der Waals surface area contributed by atoms with E-state index in [0.717, 1.165) is 12.8 Å². The van der Waals surface area contributed by atoms with E-state index in [4.69, 9.17) is 5.73 Å². The van der Waals surface area contributed by atoms with E-state index in [-0.39, 0.29) is 37.8 Å². The van der Waals surface area contributed by atoms with Crippen LogP contribution in [0.1, 0.15) is 25.7 Å². The van der Waals surface area contributed by atoms with Gasteiger partial charge in [0.2, 0.25) is 5.91 Å². The molecule has 1 aliphatic carbocycles. The van der Waals surface area contributed by atoms with Crippen molar-refractivity contribution in [3.05, 3.63) is 0 Å². The molecule has 3 nitrogen and oxygen atoms in total. The van der Waals surface area contributed by atoms with Crippen molar-refractivity contribution in [1.29, 1.82) is 0 Å². The van der Waals surface area contributed by atoms with Crippen LogP contribution in [-0.2, 0) is 4.79 Å². The lowest BCUT2D eigenvalue weighted by molar-refractivity contribution is -0.145. The fourth-order valence-electron chi connectivity index (χ4n) is 1.47. The Kier molecular flexibility index (Phi) is 6.85. The number of carbonyl (C=O) groups is 1. The third-order valence-electron chi connectivity index (χ3n) is 2.55. The van der Waals surface area contributed by atoms with Crippen LogP contribution in [0.15, 0.2) is 0 Å². The van der Waals surface area contributed by atoms with E-state index in [2.05, 4.69) is 0 Å².